The third-order valence-corrected chi connectivity index (χ3v) is 6.46. The van der Waals surface area contributed by atoms with Gasteiger partial charge in [-0.05, 0) is 49.2 Å². The Balaban J connectivity index is 1.49. The van der Waals surface area contributed by atoms with E-state index in [1.807, 2.05) is 28.8 Å². The predicted octanol–water partition coefficient (Wildman–Crippen LogP) is 3.88. The highest BCUT2D eigenvalue weighted by Crippen LogP contribution is 2.30. The summed E-state index contributed by atoms with van der Waals surface area (Å²) in [4.78, 5) is 12.7. The smallest absolute Gasteiger partial charge is 0.234 e. The van der Waals surface area contributed by atoms with Gasteiger partial charge in [-0.3, -0.25) is 9.36 Å². The molecule has 1 aliphatic heterocycles. The highest BCUT2D eigenvalue weighted by molar-refractivity contribution is 7.99. The van der Waals surface area contributed by atoms with E-state index < -0.39 is 0 Å². The van der Waals surface area contributed by atoms with Crippen molar-refractivity contribution < 1.29 is 23.7 Å². The zero-order valence-corrected chi connectivity index (χ0v) is 20.3. The van der Waals surface area contributed by atoms with Gasteiger partial charge >= 0.3 is 0 Å². The van der Waals surface area contributed by atoms with E-state index in [0.29, 0.717) is 28.9 Å². The molecule has 0 radical (unpaired) electrons. The number of nitrogens with one attached hydrogen (secondary N) is 1. The molecule has 2 aromatic carbocycles. The van der Waals surface area contributed by atoms with Gasteiger partial charge in [-0.1, -0.05) is 11.8 Å². The Labute approximate surface area is 202 Å². The van der Waals surface area contributed by atoms with Crippen LogP contribution in [0.4, 0.5) is 5.69 Å². The number of carbonyl (C=O) groups is 1. The molecule has 1 aliphatic rings. The average molecular weight is 485 g/mol. The van der Waals surface area contributed by atoms with Crippen molar-refractivity contribution in [2.75, 3.05) is 39.0 Å². The minimum absolute atomic E-state index is 0.102. The Hall–Kier alpha value is -3.24. The summed E-state index contributed by atoms with van der Waals surface area (Å²) in [6.07, 6.45) is 2.13. The number of nitrogens with zero attached hydrogens (tertiary/aromatic N) is 3. The maximum Gasteiger partial charge on any atom is 0.234 e. The molecule has 10 heteroatoms. The number of thioether (sulfide) groups is 1. The van der Waals surface area contributed by atoms with Gasteiger partial charge in [-0.2, -0.15) is 0 Å². The number of methoxy groups -OCH3 is 3. The first-order valence-electron chi connectivity index (χ1n) is 10.9. The van der Waals surface area contributed by atoms with Crippen molar-refractivity contribution in [1.82, 2.24) is 14.8 Å². The molecule has 3 aromatic rings. The lowest BCUT2D eigenvalue weighted by atomic mass is 10.2. The zero-order chi connectivity index (χ0) is 23.9. The zero-order valence-electron chi connectivity index (χ0n) is 19.4. The van der Waals surface area contributed by atoms with Crippen LogP contribution in [-0.2, 0) is 16.1 Å². The van der Waals surface area contributed by atoms with Gasteiger partial charge in [0.05, 0.1) is 45.4 Å². The van der Waals surface area contributed by atoms with Crippen LogP contribution < -0.4 is 19.5 Å². The second kappa shape index (κ2) is 11.3. The normalized spacial score (nSPS) is 15.2. The number of aromatic nitrogens is 3. The van der Waals surface area contributed by atoms with Crippen molar-refractivity contribution in [3.05, 3.63) is 42.5 Å². The lowest BCUT2D eigenvalue weighted by Crippen LogP contribution is -2.18. The molecule has 0 bridgehead atoms. The minimum Gasteiger partial charge on any atom is -0.497 e. The van der Waals surface area contributed by atoms with Crippen LogP contribution in [0.15, 0.2) is 47.6 Å². The molecule has 9 nitrogen and oxygen atoms in total. The molecule has 0 spiro atoms. The summed E-state index contributed by atoms with van der Waals surface area (Å²) < 4.78 is 23.7. The summed E-state index contributed by atoms with van der Waals surface area (Å²) in [5.74, 6) is 2.68. The molecular formula is C24H28N4O5S. The Morgan fingerprint density at radius 1 is 1.09 bits per heavy atom. The monoisotopic (exact) mass is 484 g/mol. The number of amides is 1. The van der Waals surface area contributed by atoms with Crippen LogP contribution in [0.25, 0.3) is 11.4 Å². The number of hydrogen-bond acceptors (Lipinski definition) is 8. The molecule has 4 rings (SSSR count). The van der Waals surface area contributed by atoms with E-state index in [9.17, 15) is 4.79 Å². The number of ether oxygens (including phenoxy) is 4. The summed E-state index contributed by atoms with van der Waals surface area (Å²) in [6.45, 7) is 1.39. The van der Waals surface area contributed by atoms with Crippen LogP contribution in [-0.4, -0.2) is 60.5 Å². The summed E-state index contributed by atoms with van der Waals surface area (Å²) in [5, 5.41) is 12.4. The first-order valence-corrected chi connectivity index (χ1v) is 11.9. The molecule has 0 aliphatic carbocycles. The van der Waals surface area contributed by atoms with Crippen molar-refractivity contribution in [2.24, 2.45) is 0 Å². The largest absolute Gasteiger partial charge is 0.497 e. The molecule has 1 saturated heterocycles. The van der Waals surface area contributed by atoms with E-state index >= 15 is 0 Å². The van der Waals surface area contributed by atoms with Crippen molar-refractivity contribution in [3.63, 3.8) is 0 Å². The third-order valence-electron chi connectivity index (χ3n) is 5.49. The van der Waals surface area contributed by atoms with Gasteiger partial charge in [0.2, 0.25) is 5.91 Å². The molecule has 2 heterocycles. The Bertz CT molecular complexity index is 1110. The molecule has 0 saturated carbocycles. The standard InChI is InChI=1S/C24H28N4O5S/c1-30-17-8-6-16(7-9-17)23-26-27-24(28(23)14-19-5-4-12-33-19)34-15-22(29)25-20-11-10-18(31-2)13-21(20)32-3/h6-11,13,19H,4-5,12,14-15H2,1-3H3,(H,25,29). The first-order chi connectivity index (χ1) is 16.6. The van der Waals surface area contributed by atoms with E-state index in [2.05, 4.69) is 15.5 Å². The van der Waals surface area contributed by atoms with Crippen molar-refractivity contribution >= 4 is 23.4 Å². The average Bonchev–Trinajstić information content (AvgIpc) is 3.53. The molecule has 180 valence electrons. The van der Waals surface area contributed by atoms with Crippen LogP contribution >= 0.6 is 11.8 Å². The predicted molar refractivity (Wildman–Crippen MR) is 130 cm³/mol. The molecule has 1 aromatic heterocycles. The summed E-state index contributed by atoms with van der Waals surface area (Å²) >= 11 is 1.33. The Kier molecular flexibility index (Phi) is 7.91. The number of benzene rings is 2. The number of rotatable bonds is 10. The van der Waals surface area contributed by atoms with Crippen molar-refractivity contribution in [2.45, 2.75) is 30.6 Å². The number of anilines is 1. The highest BCUT2D eigenvalue weighted by Gasteiger charge is 2.22. The Morgan fingerprint density at radius 3 is 2.53 bits per heavy atom. The van der Waals surface area contributed by atoms with E-state index in [4.69, 9.17) is 18.9 Å². The van der Waals surface area contributed by atoms with Crippen LogP contribution in [0.1, 0.15) is 12.8 Å². The van der Waals surface area contributed by atoms with Crippen LogP contribution in [0, 0.1) is 0 Å². The number of hydrogen-bond donors (Lipinski definition) is 1. The van der Waals surface area contributed by atoms with Crippen molar-refractivity contribution in [1.29, 1.82) is 0 Å². The van der Waals surface area contributed by atoms with Crippen LogP contribution in [0.2, 0.25) is 0 Å². The topological polar surface area (TPSA) is 96.7 Å². The number of carbonyl (C=O) groups excluding carboxylic acids is 1. The van der Waals surface area contributed by atoms with Gasteiger partial charge in [-0.15, -0.1) is 10.2 Å². The maximum absolute atomic E-state index is 12.7. The summed E-state index contributed by atoms with van der Waals surface area (Å²) in [7, 11) is 4.76. The molecular weight excluding hydrogens is 456 g/mol. The fourth-order valence-corrected chi connectivity index (χ4v) is 4.47. The second-order valence-corrected chi connectivity index (χ2v) is 8.63. The third kappa shape index (κ3) is 5.63. The molecule has 34 heavy (non-hydrogen) atoms. The van der Waals surface area contributed by atoms with Gasteiger partial charge in [0.15, 0.2) is 11.0 Å². The van der Waals surface area contributed by atoms with E-state index in [1.54, 1.807) is 39.5 Å². The quantitative estimate of drug-likeness (QED) is 0.433. The SMILES string of the molecule is COc1ccc(-c2nnc(SCC(=O)Nc3ccc(OC)cc3OC)n2CC2CCCO2)cc1. The van der Waals surface area contributed by atoms with E-state index in [-0.39, 0.29) is 17.8 Å². The van der Waals surface area contributed by atoms with Crippen molar-refractivity contribution in [3.8, 4) is 28.6 Å². The fourth-order valence-electron chi connectivity index (χ4n) is 3.72. The minimum atomic E-state index is -0.175. The van der Waals surface area contributed by atoms with Gasteiger partial charge in [0.1, 0.15) is 17.2 Å². The Morgan fingerprint density at radius 2 is 1.85 bits per heavy atom. The second-order valence-electron chi connectivity index (χ2n) is 7.68. The maximum atomic E-state index is 12.7. The van der Waals surface area contributed by atoms with E-state index in [0.717, 1.165) is 36.6 Å². The molecule has 1 unspecified atom stereocenters. The molecule has 1 amide bonds. The van der Waals surface area contributed by atoms with Gasteiger partial charge in [0, 0.05) is 18.2 Å². The van der Waals surface area contributed by atoms with Gasteiger partial charge < -0.3 is 24.3 Å². The van der Waals surface area contributed by atoms with Gasteiger partial charge in [-0.25, -0.2) is 0 Å². The summed E-state index contributed by atoms with van der Waals surface area (Å²) in [5.41, 5.74) is 1.50. The van der Waals surface area contributed by atoms with Crippen LogP contribution in [0.5, 0.6) is 17.2 Å². The fraction of sp³-hybridized carbons (Fsp3) is 0.375. The van der Waals surface area contributed by atoms with Crippen LogP contribution in [0.3, 0.4) is 0 Å². The first kappa shape index (κ1) is 23.9. The van der Waals surface area contributed by atoms with E-state index in [1.165, 1.54) is 11.8 Å². The van der Waals surface area contributed by atoms with Gasteiger partial charge in [0.25, 0.3) is 0 Å². The molecule has 1 N–H and O–H groups in total. The summed E-state index contributed by atoms with van der Waals surface area (Å²) in [6, 6.07) is 12.9. The molecule has 1 atom stereocenters. The lowest BCUT2D eigenvalue weighted by molar-refractivity contribution is -0.113. The highest BCUT2D eigenvalue weighted by atomic mass is 32.2. The lowest BCUT2D eigenvalue weighted by Gasteiger charge is -2.15. The molecule has 1 fully saturated rings.